The highest BCUT2D eigenvalue weighted by molar-refractivity contribution is 5.83. The lowest BCUT2D eigenvalue weighted by Crippen LogP contribution is -2.41. The molecule has 0 saturated heterocycles. The molecule has 0 spiro atoms. The first kappa shape index (κ1) is 37.4. The molecule has 254 valence electrons. The van der Waals surface area contributed by atoms with Crippen LogP contribution in [0.1, 0.15) is 220 Å². The van der Waals surface area contributed by atoms with Gasteiger partial charge in [0, 0.05) is 17.3 Å². The number of rotatable bonds is 5. The van der Waals surface area contributed by atoms with E-state index >= 15 is 4.79 Å². The first-order valence-electron chi connectivity index (χ1n) is 20.3. The van der Waals surface area contributed by atoms with E-state index in [4.69, 9.17) is 0 Å². The molecule has 0 heterocycles. The van der Waals surface area contributed by atoms with E-state index in [1.807, 2.05) is 0 Å². The van der Waals surface area contributed by atoms with Crippen LogP contribution in [0, 0.1) is 17.8 Å². The van der Waals surface area contributed by atoms with Gasteiger partial charge in [-0.05, 0) is 89.4 Å². The third-order valence-corrected chi connectivity index (χ3v) is 11.8. The minimum atomic E-state index is 0.164. The van der Waals surface area contributed by atoms with Gasteiger partial charge in [-0.1, -0.05) is 154 Å². The lowest BCUT2D eigenvalue weighted by molar-refractivity contribution is -0.134. The number of hydrogen-bond donors (Lipinski definition) is 0. The van der Waals surface area contributed by atoms with Crippen molar-refractivity contribution in [1.82, 2.24) is 4.90 Å². The van der Waals surface area contributed by atoms with Crippen LogP contribution in [0.25, 0.3) is 0 Å². The summed E-state index contributed by atoms with van der Waals surface area (Å²) in [4.78, 5) is 18.1. The third kappa shape index (κ3) is 12.6. The smallest absolute Gasteiger partial charge is 0.234 e. The van der Waals surface area contributed by atoms with Gasteiger partial charge in [0.15, 0.2) is 0 Å². The molecule has 0 radical (unpaired) electrons. The molecule has 1 fully saturated rings. The minimum Gasteiger partial charge on any atom is -0.288 e. The molecule has 3 atom stereocenters. The third-order valence-electron chi connectivity index (χ3n) is 11.8. The molecule has 2 nitrogen and oxygen atoms in total. The Morgan fingerprint density at radius 2 is 1.05 bits per heavy atom. The van der Waals surface area contributed by atoms with Crippen LogP contribution in [0.5, 0.6) is 0 Å². The second-order valence-electron chi connectivity index (χ2n) is 15.3. The summed E-state index contributed by atoms with van der Waals surface area (Å²) in [6.07, 6.45) is 38.8. The zero-order valence-electron chi connectivity index (χ0n) is 30.3. The van der Waals surface area contributed by atoms with Gasteiger partial charge in [0.25, 0.3) is 0 Å². The van der Waals surface area contributed by atoms with Crippen molar-refractivity contribution in [2.75, 3.05) is 0 Å². The summed E-state index contributed by atoms with van der Waals surface area (Å²) >= 11 is 0. The summed E-state index contributed by atoms with van der Waals surface area (Å²) in [7, 11) is 0. The topological polar surface area (TPSA) is 20.3 Å². The predicted octanol–water partition coefficient (Wildman–Crippen LogP) is 14.0. The number of carbonyl (C=O) groups excluding carboxylic acids is 1. The van der Waals surface area contributed by atoms with Gasteiger partial charge in [0.2, 0.25) is 5.91 Å². The van der Waals surface area contributed by atoms with Crippen LogP contribution in [0.2, 0.25) is 0 Å². The van der Waals surface area contributed by atoms with Crippen LogP contribution in [0.3, 0.4) is 0 Å². The fourth-order valence-corrected chi connectivity index (χ4v) is 8.84. The molecule has 1 amide bonds. The van der Waals surface area contributed by atoms with E-state index in [0.717, 1.165) is 25.7 Å². The van der Waals surface area contributed by atoms with Crippen LogP contribution in [0.15, 0.2) is 22.5 Å². The lowest BCUT2D eigenvalue weighted by Gasteiger charge is -2.39. The average Bonchev–Trinajstić information content (AvgIpc) is 3.07. The molecule has 2 heteroatoms. The van der Waals surface area contributed by atoms with Crippen LogP contribution in [-0.2, 0) is 4.79 Å². The Hall–Kier alpha value is -1.05. The van der Waals surface area contributed by atoms with Gasteiger partial charge in [-0.15, -0.1) is 0 Å². The normalized spacial score (nSPS) is 30.9. The van der Waals surface area contributed by atoms with Crippen molar-refractivity contribution in [3.63, 3.8) is 0 Å². The standard InChI is InChI=1S/C42H75NO/c1-5-37-31-25-19-13-10-16-22-28-34-40(37)43(41-36(4)30-24-18-12-9-14-20-26-32-38(41)6-2)42(44)39-33-27-21-15-8-7-11-17-23-29-35(39)3/h35,38-39H,5-34H2,1-4H3/b40-37+,41-36+. The monoisotopic (exact) mass is 610 g/mol. The summed E-state index contributed by atoms with van der Waals surface area (Å²) in [5.41, 5.74) is 6.11. The molecule has 3 aliphatic rings. The Labute approximate surface area is 275 Å². The summed E-state index contributed by atoms with van der Waals surface area (Å²) in [6, 6.07) is 0. The van der Waals surface area contributed by atoms with E-state index in [1.54, 1.807) is 11.1 Å². The molecule has 0 N–H and O–H groups in total. The van der Waals surface area contributed by atoms with E-state index in [2.05, 4.69) is 32.6 Å². The molecular formula is C42H75NO. The first-order valence-corrected chi connectivity index (χ1v) is 20.3. The van der Waals surface area contributed by atoms with Crippen molar-refractivity contribution in [2.24, 2.45) is 17.8 Å². The maximum atomic E-state index is 15.5. The maximum Gasteiger partial charge on any atom is 0.234 e. The van der Waals surface area contributed by atoms with Crippen molar-refractivity contribution >= 4 is 5.91 Å². The highest BCUT2D eigenvalue weighted by Gasteiger charge is 2.36. The Bertz CT molecular complexity index is 852. The van der Waals surface area contributed by atoms with Gasteiger partial charge >= 0.3 is 0 Å². The van der Waals surface area contributed by atoms with E-state index in [9.17, 15) is 0 Å². The maximum absolute atomic E-state index is 15.5. The molecule has 0 aromatic heterocycles. The predicted molar refractivity (Wildman–Crippen MR) is 193 cm³/mol. The van der Waals surface area contributed by atoms with Crippen molar-refractivity contribution in [3.8, 4) is 0 Å². The van der Waals surface area contributed by atoms with Crippen molar-refractivity contribution < 1.29 is 4.79 Å². The molecule has 3 rings (SSSR count). The van der Waals surface area contributed by atoms with Crippen molar-refractivity contribution in [2.45, 2.75) is 220 Å². The number of amides is 1. The Balaban J connectivity index is 2.14. The molecule has 44 heavy (non-hydrogen) atoms. The first-order chi connectivity index (χ1) is 21.6. The van der Waals surface area contributed by atoms with Crippen LogP contribution in [-0.4, -0.2) is 10.8 Å². The molecule has 0 aromatic rings. The van der Waals surface area contributed by atoms with E-state index in [-0.39, 0.29) is 5.92 Å². The summed E-state index contributed by atoms with van der Waals surface area (Å²) in [6.45, 7) is 9.68. The quantitative estimate of drug-likeness (QED) is 0.304. The Morgan fingerprint density at radius 1 is 0.591 bits per heavy atom. The molecule has 1 saturated carbocycles. The fraction of sp³-hybridized carbons (Fsp3) is 0.881. The Morgan fingerprint density at radius 3 is 1.59 bits per heavy atom. The van der Waals surface area contributed by atoms with E-state index in [0.29, 0.717) is 17.7 Å². The van der Waals surface area contributed by atoms with Gasteiger partial charge < -0.3 is 0 Å². The highest BCUT2D eigenvalue weighted by atomic mass is 16.2. The highest BCUT2D eigenvalue weighted by Crippen LogP contribution is 2.40. The van der Waals surface area contributed by atoms with Gasteiger partial charge in [-0.3, -0.25) is 9.69 Å². The molecular weight excluding hydrogens is 534 g/mol. The largest absolute Gasteiger partial charge is 0.288 e. The fourth-order valence-electron chi connectivity index (χ4n) is 8.84. The van der Waals surface area contributed by atoms with Crippen molar-refractivity contribution in [1.29, 1.82) is 0 Å². The Kier molecular flexibility index (Phi) is 19.1. The number of hydrogen-bond acceptors (Lipinski definition) is 1. The number of allylic oxidation sites excluding steroid dienone is 4. The molecule has 0 aromatic carbocycles. The van der Waals surface area contributed by atoms with Gasteiger partial charge in [-0.25, -0.2) is 0 Å². The van der Waals surface area contributed by atoms with E-state index < -0.39 is 0 Å². The second kappa shape index (κ2) is 22.5. The second-order valence-corrected chi connectivity index (χ2v) is 15.3. The summed E-state index contributed by atoms with van der Waals surface area (Å²) < 4.78 is 0. The van der Waals surface area contributed by atoms with Crippen LogP contribution >= 0.6 is 0 Å². The number of nitrogens with zero attached hydrogens (tertiary/aromatic N) is 1. The molecule has 3 aliphatic carbocycles. The lowest BCUT2D eigenvalue weighted by atomic mass is 9.81. The SMILES string of the molecule is CC/C1=C(\N(C(=O)C2CCCCCCCCCCC2C)/C2=C(\C)CCCCCCCCCC2CC)CCCCCCCCC1. The van der Waals surface area contributed by atoms with Crippen molar-refractivity contribution in [3.05, 3.63) is 22.5 Å². The zero-order chi connectivity index (χ0) is 31.4. The summed E-state index contributed by atoms with van der Waals surface area (Å²) in [5.74, 6) is 1.65. The van der Waals surface area contributed by atoms with Gasteiger partial charge in [0.05, 0.1) is 0 Å². The summed E-state index contributed by atoms with van der Waals surface area (Å²) in [5, 5.41) is 0. The minimum absolute atomic E-state index is 0.164. The van der Waals surface area contributed by atoms with Crippen LogP contribution in [0.4, 0.5) is 0 Å². The van der Waals surface area contributed by atoms with Crippen LogP contribution < -0.4 is 0 Å². The molecule has 0 aliphatic heterocycles. The van der Waals surface area contributed by atoms with Gasteiger partial charge in [-0.2, -0.15) is 0 Å². The van der Waals surface area contributed by atoms with Gasteiger partial charge in [0.1, 0.15) is 0 Å². The number of carbonyl (C=O) groups is 1. The molecule has 3 unspecified atom stereocenters. The van der Waals surface area contributed by atoms with E-state index in [1.165, 1.54) is 178 Å². The zero-order valence-corrected chi connectivity index (χ0v) is 30.3. The average molecular weight is 610 g/mol. The molecule has 0 bridgehead atoms.